The number of hydrogen-bond acceptors (Lipinski definition) is 3. The van der Waals surface area contributed by atoms with Crippen molar-refractivity contribution in [2.45, 2.75) is 13.3 Å². The van der Waals surface area contributed by atoms with Gasteiger partial charge in [0.05, 0.1) is 11.4 Å². The SMILES string of the molecule is CCCS(=O)(=O)N(CCN)c1ccccc1F. The highest BCUT2D eigenvalue weighted by Crippen LogP contribution is 2.21. The molecule has 4 nitrogen and oxygen atoms in total. The Labute approximate surface area is 101 Å². The zero-order chi connectivity index (χ0) is 12.9. The molecule has 1 rings (SSSR count). The van der Waals surface area contributed by atoms with Crippen molar-refractivity contribution >= 4 is 15.7 Å². The fourth-order valence-corrected chi connectivity index (χ4v) is 3.12. The van der Waals surface area contributed by atoms with Crippen molar-refractivity contribution in [2.75, 3.05) is 23.1 Å². The van der Waals surface area contributed by atoms with Crippen molar-refractivity contribution in [3.63, 3.8) is 0 Å². The van der Waals surface area contributed by atoms with Crippen molar-refractivity contribution in [2.24, 2.45) is 5.73 Å². The number of benzene rings is 1. The first-order chi connectivity index (χ1) is 8.03. The molecular weight excluding hydrogens is 243 g/mol. The molecule has 0 amide bonds. The minimum atomic E-state index is -3.50. The smallest absolute Gasteiger partial charge is 0.235 e. The van der Waals surface area contributed by atoms with Crippen LogP contribution in [0.2, 0.25) is 0 Å². The Balaban J connectivity index is 3.14. The summed E-state index contributed by atoms with van der Waals surface area (Å²) in [6.45, 7) is 2.00. The Morgan fingerprint density at radius 3 is 2.53 bits per heavy atom. The van der Waals surface area contributed by atoms with Crippen molar-refractivity contribution in [3.8, 4) is 0 Å². The van der Waals surface area contributed by atoms with Gasteiger partial charge in [-0.15, -0.1) is 0 Å². The largest absolute Gasteiger partial charge is 0.329 e. The molecule has 0 fully saturated rings. The van der Waals surface area contributed by atoms with Gasteiger partial charge in [-0.1, -0.05) is 19.1 Å². The third-order valence-corrected chi connectivity index (χ3v) is 4.23. The van der Waals surface area contributed by atoms with Crippen molar-refractivity contribution < 1.29 is 12.8 Å². The average Bonchev–Trinajstić information content (AvgIpc) is 2.27. The number of anilines is 1. The van der Waals surface area contributed by atoms with Crippen LogP contribution < -0.4 is 10.0 Å². The maximum absolute atomic E-state index is 13.6. The fourth-order valence-electron chi connectivity index (χ4n) is 1.55. The van der Waals surface area contributed by atoms with Gasteiger partial charge in [0.1, 0.15) is 5.82 Å². The van der Waals surface area contributed by atoms with Gasteiger partial charge in [0, 0.05) is 13.1 Å². The van der Waals surface area contributed by atoms with Gasteiger partial charge in [-0.2, -0.15) is 0 Å². The second-order valence-corrected chi connectivity index (χ2v) is 5.64. The summed E-state index contributed by atoms with van der Waals surface area (Å²) in [6.07, 6.45) is 0.484. The first-order valence-electron chi connectivity index (χ1n) is 5.48. The summed E-state index contributed by atoms with van der Waals surface area (Å²) < 4.78 is 38.6. The average molecular weight is 260 g/mol. The molecule has 0 saturated heterocycles. The van der Waals surface area contributed by atoms with Gasteiger partial charge in [0.2, 0.25) is 10.0 Å². The molecular formula is C11H17FN2O2S. The number of halogens is 1. The predicted octanol–water partition coefficient (Wildman–Crippen LogP) is 1.33. The second kappa shape index (κ2) is 5.97. The van der Waals surface area contributed by atoms with E-state index in [1.165, 1.54) is 18.2 Å². The third-order valence-electron chi connectivity index (χ3n) is 2.25. The molecule has 0 aromatic heterocycles. The lowest BCUT2D eigenvalue weighted by Gasteiger charge is -2.23. The van der Waals surface area contributed by atoms with E-state index in [1.54, 1.807) is 13.0 Å². The lowest BCUT2D eigenvalue weighted by Crippen LogP contribution is -2.37. The van der Waals surface area contributed by atoms with Crippen molar-refractivity contribution in [3.05, 3.63) is 30.1 Å². The maximum Gasteiger partial charge on any atom is 0.235 e. The summed E-state index contributed by atoms with van der Waals surface area (Å²) in [4.78, 5) is 0. The van der Waals surface area contributed by atoms with Gasteiger partial charge in [0.15, 0.2) is 0 Å². The van der Waals surface area contributed by atoms with E-state index in [0.29, 0.717) is 6.42 Å². The number of nitrogens with zero attached hydrogens (tertiary/aromatic N) is 1. The van der Waals surface area contributed by atoms with Crippen LogP contribution in [-0.4, -0.2) is 27.3 Å². The molecule has 0 aliphatic rings. The minimum absolute atomic E-state index is 0.0126. The van der Waals surface area contributed by atoms with Crippen LogP contribution in [0, 0.1) is 5.82 Å². The molecule has 2 N–H and O–H groups in total. The molecule has 17 heavy (non-hydrogen) atoms. The molecule has 1 aromatic carbocycles. The third kappa shape index (κ3) is 3.41. The van der Waals surface area contributed by atoms with E-state index in [2.05, 4.69) is 0 Å². The minimum Gasteiger partial charge on any atom is -0.329 e. The van der Waals surface area contributed by atoms with Gasteiger partial charge < -0.3 is 5.73 Å². The lowest BCUT2D eigenvalue weighted by molar-refractivity contribution is 0.584. The molecule has 0 aliphatic carbocycles. The highest BCUT2D eigenvalue weighted by atomic mass is 32.2. The molecule has 0 bridgehead atoms. The van der Waals surface area contributed by atoms with E-state index in [0.717, 1.165) is 4.31 Å². The summed E-state index contributed by atoms with van der Waals surface area (Å²) in [7, 11) is -3.50. The Morgan fingerprint density at radius 1 is 1.35 bits per heavy atom. The van der Waals surface area contributed by atoms with E-state index in [-0.39, 0.29) is 24.5 Å². The Hall–Kier alpha value is -1.14. The molecule has 6 heteroatoms. The van der Waals surface area contributed by atoms with Crippen LogP contribution >= 0.6 is 0 Å². The monoisotopic (exact) mass is 260 g/mol. The van der Waals surface area contributed by atoms with Gasteiger partial charge in [-0.25, -0.2) is 12.8 Å². The van der Waals surface area contributed by atoms with Crippen LogP contribution in [-0.2, 0) is 10.0 Å². The highest BCUT2D eigenvalue weighted by molar-refractivity contribution is 7.92. The number of sulfonamides is 1. The molecule has 0 heterocycles. The quantitative estimate of drug-likeness (QED) is 0.839. The summed E-state index contributed by atoms with van der Waals surface area (Å²) in [6, 6.07) is 5.80. The molecule has 0 unspecified atom stereocenters. The summed E-state index contributed by atoms with van der Waals surface area (Å²) >= 11 is 0. The Bertz CT molecular complexity index is 462. The number of para-hydroxylation sites is 1. The van der Waals surface area contributed by atoms with E-state index >= 15 is 0 Å². The molecule has 0 aliphatic heterocycles. The van der Waals surface area contributed by atoms with E-state index in [4.69, 9.17) is 5.73 Å². The first kappa shape index (κ1) is 13.9. The topological polar surface area (TPSA) is 63.4 Å². The Kier molecular flexibility index (Phi) is 4.89. The lowest BCUT2D eigenvalue weighted by atomic mass is 10.3. The van der Waals surface area contributed by atoms with Crippen LogP contribution in [0.3, 0.4) is 0 Å². The first-order valence-corrected chi connectivity index (χ1v) is 7.09. The van der Waals surface area contributed by atoms with E-state index in [1.807, 2.05) is 0 Å². The van der Waals surface area contributed by atoms with Crippen molar-refractivity contribution in [1.29, 1.82) is 0 Å². The normalized spacial score (nSPS) is 11.5. The van der Waals surface area contributed by atoms with E-state index < -0.39 is 15.8 Å². The van der Waals surface area contributed by atoms with E-state index in [9.17, 15) is 12.8 Å². The van der Waals surface area contributed by atoms with Crippen LogP contribution in [0.5, 0.6) is 0 Å². The zero-order valence-electron chi connectivity index (χ0n) is 9.77. The number of hydrogen-bond donors (Lipinski definition) is 1. The molecule has 96 valence electrons. The van der Waals surface area contributed by atoms with Gasteiger partial charge in [0.25, 0.3) is 0 Å². The second-order valence-electron chi connectivity index (χ2n) is 3.63. The summed E-state index contributed by atoms with van der Waals surface area (Å²) in [5, 5.41) is 0. The highest BCUT2D eigenvalue weighted by Gasteiger charge is 2.23. The maximum atomic E-state index is 13.6. The molecule has 0 atom stereocenters. The number of rotatable bonds is 6. The van der Waals surface area contributed by atoms with Gasteiger partial charge in [-0.3, -0.25) is 4.31 Å². The molecule has 1 aromatic rings. The summed E-state index contributed by atoms with van der Waals surface area (Å²) in [5.41, 5.74) is 5.44. The zero-order valence-corrected chi connectivity index (χ0v) is 10.6. The summed E-state index contributed by atoms with van der Waals surface area (Å²) in [5.74, 6) is -0.568. The predicted molar refractivity (Wildman–Crippen MR) is 66.9 cm³/mol. The molecule has 0 radical (unpaired) electrons. The van der Waals surface area contributed by atoms with Crippen LogP contribution in [0.1, 0.15) is 13.3 Å². The van der Waals surface area contributed by atoms with Gasteiger partial charge in [-0.05, 0) is 18.6 Å². The fraction of sp³-hybridized carbons (Fsp3) is 0.455. The van der Waals surface area contributed by atoms with Crippen molar-refractivity contribution in [1.82, 2.24) is 0 Å². The number of nitrogens with two attached hydrogens (primary N) is 1. The molecule has 0 spiro atoms. The van der Waals surface area contributed by atoms with Crippen LogP contribution in [0.4, 0.5) is 10.1 Å². The Morgan fingerprint density at radius 2 is 2.00 bits per heavy atom. The van der Waals surface area contributed by atoms with Gasteiger partial charge >= 0.3 is 0 Å². The van der Waals surface area contributed by atoms with Crippen LogP contribution in [0.25, 0.3) is 0 Å². The standard InChI is InChI=1S/C11H17FN2O2S/c1-2-9-17(15,16)14(8-7-13)11-6-4-3-5-10(11)12/h3-6H,2,7-9,13H2,1H3. The van der Waals surface area contributed by atoms with Crippen LogP contribution in [0.15, 0.2) is 24.3 Å². The molecule has 0 saturated carbocycles.